The molecule has 0 saturated carbocycles. The predicted octanol–water partition coefficient (Wildman–Crippen LogP) is 13.2. The third-order valence-corrected chi connectivity index (χ3v) is 9.10. The SMILES string of the molecule is [2H]/C(=C(/[2H])c1c2ccccc2c(C(C)(C)C)c2ccccc12)c1ccc2cc(N(c3ccccc3)c3ccc4ccccc4c3)ccc2c1. The second-order valence-electron chi connectivity index (χ2n) is 13.3. The van der Waals surface area contributed by atoms with Crippen LogP contribution < -0.4 is 4.90 Å². The van der Waals surface area contributed by atoms with Crippen molar-refractivity contribution in [3.05, 3.63) is 174 Å². The zero-order chi connectivity index (χ0) is 33.7. The summed E-state index contributed by atoms with van der Waals surface area (Å²) in [6.07, 6.45) is 0. The minimum absolute atomic E-state index is 0.0883. The summed E-state index contributed by atoms with van der Waals surface area (Å²) in [7, 11) is 0. The average Bonchev–Trinajstić information content (AvgIpc) is 3.13. The third-order valence-electron chi connectivity index (χ3n) is 9.10. The Labute approximate surface area is 279 Å². The molecule has 0 bridgehead atoms. The lowest BCUT2D eigenvalue weighted by atomic mass is 9.79. The van der Waals surface area contributed by atoms with Crippen LogP contribution in [0.4, 0.5) is 17.1 Å². The van der Waals surface area contributed by atoms with Crippen LogP contribution in [0, 0.1) is 0 Å². The van der Waals surface area contributed by atoms with Crippen molar-refractivity contribution in [3.63, 3.8) is 0 Å². The normalized spacial score (nSPS) is 13.1. The van der Waals surface area contributed by atoms with Gasteiger partial charge in [0.15, 0.2) is 0 Å². The first kappa shape index (κ1) is 26.5. The van der Waals surface area contributed by atoms with E-state index in [-0.39, 0.29) is 17.5 Å². The van der Waals surface area contributed by atoms with E-state index in [1.165, 1.54) is 16.3 Å². The minimum atomic E-state index is -0.0883. The smallest absolute Gasteiger partial charge is 0.0630 e. The van der Waals surface area contributed by atoms with E-state index in [2.05, 4.69) is 153 Å². The fourth-order valence-corrected chi connectivity index (χ4v) is 7.00. The summed E-state index contributed by atoms with van der Waals surface area (Å²) in [5.74, 6) is 0. The van der Waals surface area contributed by atoms with Crippen LogP contribution in [0.25, 0.3) is 55.2 Å². The van der Waals surface area contributed by atoms with Crippen LogP contribution in [0.5, 0.6) is 0 Å². The van der Waals surface area contributed by atoms with Gasteiger partial charge in [0.05, 0.1) is 2.74 Å². The molecule has 0 N–H and O–H groups in total. The summed E-state index contributed by atoms with van der Waals surface area (Å²) in [4.78, 5) is 2.29. The number of benzene rings is 8. The maximum absolute atomic E-state index is 9.48. The Morgan fingerprint density at radius 3 is 1.57 bits per heavy atom. The summed E-state index contributed by atoms with van der Waals surface area (Å²) in [5.41, 5.74) is 5.96. The number of nitrogens with zero attached hydrogens (tertiary/aromatic N) is 1. The summed E-state index contributed by atoms with van der Waals surface area (Å²) in [6.45, 7) is 6.74. The minimum Gasteiger partial charge on any atom is -0.310 e. The zero-order valence-corrected chi connectivity index (χ0v) is 27.0. The molecule has 0 radical (unpaired) electrons. The monoisotopic (exact) mass is 605 g/mol. The molecule has 0 saturated heterocycles. The molecule has 0 aromatic heterocycles. The summed E-state index contributed by atoms with van der Waals surface area (Å²) in [5, 5.41) is 8.83. The molecule has 0 atom stereocenters. The van der Waals surface area contributed by atoms with Crippen LogP contribution >= 0.6 is 0 Å². The molecule has 0 spiro atoms. The molecule has 0 aliphatic carbocycles. The lowest BCUT2D eigenvalue weighted by Crippen LogP contribution is -2.13. The van der Waals surface area contributed by atoms with Gasteiger partial charge in [-0.05, 0) is 108 Å². The highest BCUT2D eigenvalue weighted by atomic mass is 15.1. The van der Waals surface area contributed by atoms with E-state index in [1.807, 2.05) is 30.3 Å². The third kappa shape index (κ3) is 5.34. The molecule has 0 heterocycles. The van der Waals surface area contributed by atoms with Gasteiger partial charge in [-0.1, -0.05) is 148 Å². The van der Waals surface area contributed by atoms with Gasteiger partial charge in [0.25, 0.3) is 0 Å². The Bertz CT molecular complexity index is 2500. The molecule has 47 heavy (non-hydrogen) atoms. The first-order valence-corrected chi connectivity index (χ1v) is 16.3. The van der Waals surface area contributed by atoms with E-state index in [4.69, 9.17) is 0 Å². The number of hydrogen-bond donors (Lipinski definition) is 0. The number of fused-ring (bicyclic) bond motifs is 4. The molecule has 1 heteroatoms. The van der Waals surface area contributed by atoms with Crippen molar-refractivity contribution in [2.45, 2.75) is 26.2 Å². The van der Waals surface area contributed by atoms with Gasteiger partial charge in [-0.25, -0.2) is 0 Å². The fourth-order valence-electron chi connectivity index (χ4n) is 7.00. The Hall–Kier alpha value is -5.66. The molecule has 0 aliphatic rings. The van der Waals surface area contributed by atoms with Gasteiger partial charge in [0.2, 0.25) is 0 Å². The quantitative estimate of drug-likeness (QED) is 0.139. The van der Waals surface area contributed by atoms with E-state index in [9.17, 15) is 2.74 Å². The van der Waals surface area contributed by atoms with Crippen molar-refractivity contribution >= 4 is 72.3 Å². The maximum Gasteiger partial charge on any atom is 0.0630 e. The van der Waals surface area contributed by atoms with Gasteiger partial charge in [-0.15, -0.1) is 0 Å². The molecule has 1 nitrogen and oxygen atoms in total. The number of hydrogen-bond acceptors (Lipinski definition) is 1. The second kappa shape index (κ2) is 11.6. The van der Waals surface area contributed by atoms with Crippen molar-refractivity contribution in [1.29, 1.82) is 0 Å². The first-order valence-electron chi connectivity index (χ1n) is 17.3. The first-order chi connectivity index (χ1) is 23.8. The van der Waals surface area contributed by atoms with E-state index in [0.717, 1.165) is 60.5 Å². The topological polar surface area (TPSA) is 3.24 Å². The zero-order valence-electron chi connectivity index (χ0n) is 29.0. The molecule has 0 amide bonds. The Morgan fingerprint density at radius 2 is 0.936 bits per heavy atom. The summed E-state index contributed by atoms with van der Waals surface area (Å²) in [6, 6.07) is 55.3. The molecular formula is C46H37N. The van der Waals surface area contributed by atoms with Crippen molar-refractivity contribution in [2.75, 3.05) is 4.90 Å². The molecule has 8 rings (SSSR count). The lowest BCUT2D eigenvalue weighted by Gasteiger charge is -2.26. The lowest BCUT2D eigenvalue weighted by molar-refractivity contribution is 0.601. The number of anilines is 3. The molecule has 8 aromatic rings. The highest BCUT2D eigenvalue weighted by molar-refractivity contribution is 6.11. The van der Waals surface area contributed by atoms with Crippen molar-refractivity contribution in [2.24, 2.45) is 0 Å². The van der Waals surface area contributed by atoms with Gasteiger partial charge in [0, 0.05) is 17.1 Å². The fraction of sp³-hybridized carbons (Fsp3) is 0.0870. The summed E-state index contributed by atoms with van der Waals surface area (Å²) < 4.78 is 18.8. The highest BCUT2D eigenvalue weighted by Crippen LogP contribution is 2.41. The van der Waals surface area contributed by atoms with E-state index in [0.29, 0.717) is 0 Å². The number of para-hydroxylation sites is 1. The van der Waals surface area contributed by atoms with Gasteiger partial charge in [-0.3, -0.25) is 0 Å². The van der Waals surface area contributed by atoms with Crippen LogP contribution in [0.3, 0.4) is 0 Å². The van der Waals surface area contributed by atoms with Crippen molar-refractivity contribution in [1.82, 2.24) is 0 Å². The van der Waals surface area contributed by atoms with Crippen LogP contribution in [-0.2, 0) is 5.41 Å². The van der Waals surface area contributed by atoms with E-state index in [1.54, 1.807) is 0 Å². The number of rotatable bonds is 5. The largest absolute Gasteiger partial charge is 0.310 e. The van der Waals surface area contributed by atoms with Gasteiger partial charge in [-0.2, -0.15) is 0 Å². The molecule has 0 aliphatic heterocycles. The molecule has 0 fully saturated rings. The van der Waals surface area contributed by atoms with E-state index < -0.39 is 0 Å². The van der Waals surface area contributed by atoms with Crippen LogP contribution in [0.15, 0.2) is 158 Å². The standard InChI is InChI=1S/C46H37N/c1-46(2,3)45-43-19-11-9-17-40(43)42(41-18-10-12-20-44(41)45)28-22-32-21-23-36-31-39(27-25-35(36)29-32)47(37-15-5-4-6-16-37)38-26-24-33-13-7-8-14-34(33)30-38/h4-31H,1-3H3/b28-22+/i22D,28D. The van der Waals surface area contributed by atoms with Crippen LogP contribution in [-0.4, -0.2) is 0 Å². The second-order valence-corrected chi connectivity index (χ2v) is 13.3. The highest BCUT2D eigenvalue weighted by Gasteiger charge is 2.22. The van der Waals surface area contributed by atoms with Crippen molar-refractivity contribution < 1.29 is 2.74 Å². The van der Waals surface area contributed by atoms with Gasteiger partial charge < -0.3 is 4.90 Å². The van der Waals surface area contributed by atoms with Gasteiger partial charge in [0.1, 0.15) is 0 Å². The van der Waals surface area contributed by atoms with Gasteiger partial charge >= 0.3 is 0 Å². The Kier molecular flexibility index (Phi) is 6.56. The molecule has 0 unspecified atom stereocenters. The Balaban J connectivity index is 1.25. The van der Waals surface area contributed by atoms with Crippen molar-refractivity contribution in [3.8, 4) is 0 Å². The predicted molar refractivity (Wildman–Crippen MR) is 205 cm³/mol. The molecule has 226 valence electrons. The maximum atomic E-state index is 9.48. The van der Waals surface area contributed by atoms with Crippen LogP contribution in [0.1, 0.15) is 40.2 Å². The Morgan fingerprint density at radius 1 is 0.447 bits per heavy atom. The average molecular weight is 606 g/mol. The molecule has 8 aromatic carbocycles. The van der Waals surface area contributed by atoms with Crippen LogP contribution in [0.2, 0.25) is 0 Å². The molecular weight excluding hydrogens is 567 g/mol. The van der Waals surface area contributed by atoms with E-state index >= 15 is 0 Å². The summed E-state index contributed by atoms with van der Waals surface area (Å²) >= 11 is 0.